The Bertz CT molecular complexity index is 908. The Morgan fingerprint density at radius 3 is 2.29 bits per heavy atom. The number of amides is 1. The zero-order valence-electron chi connectivity index (χ0n) is 21.1. The SMILES string of the molecule is COC(=O)CNC(=O)[C@H](C[C@H]1O[C@@H]2OC(C)(C)O[C@@H]2[C@H]2OC(C)(C)O[C@H]21)N[C@@H](C)c1ccccc1. The number of carbonyl (C=O) groups is 2. The quantitative estimate of drug-likeness (QED) is 0.524. The molecule has 0 aromatic heterocycles. The average molecular weight is 493 g/mol. The fourth-order valence-electron chi connectivity index (χ4n) is 4.86. The zero-order valence-corrected chi connectivity index (χ0v) is 21.1. The first-order valence-electron chi connectivity index (χ1n) is 12.0. The van der Waals surface area contributed by atoms with Crippen molar-refractivity contribution in [2.45, 2.75) is 95.4 Å². The van der Waals surface area contributed by atoms with Crippen molar-refractivity contribution in [3.63, 3.8) is 0 Å². The summed E-state index contributed by atoms with van der Waals surface area (Å²) in [5, 5.41) is 6.04. The molecule has 2 N–H and O–H groups in total. The van der Waals surface area contributed by atoms with Crippen LogP contribution in [0.4, 0.5) is 0 Å². The van der Waals surface area contributed by atoms with Gasteiger partial charge in [-0.25, -0.2) is 0 Å². The van der Waals surface area contributed by atoms with Gasteiger partial charge in [0, 0.05) is 12.5 Å². The number of benzene rings is 1. The van der Waals surface area contributed by atoms with Gasteiger partial charge in [0.15, 0.2) is 17.9 Å². The molecule has 3 aliphatic heterocycles. The van der Waals surface area contributed by atoms with E-state index in [4.69, 9.17) is 23.7 Å². The van der Waals surface area contributed by atoms with Gasteiger partial charge in [-0.2, -0.15) is 0 Å². The molecule has 0 unspecified atom stereocenters. The maximum absolute atomic E-state index is 13.2. The van der Waals surface area contributed by atoms with E-state index >= 15 is 0 Å². The molecule has 3 aliphatic rings. The van der Waals surface area contributed by atoms with Crippen LogP contribution in [0.3, 0.4) is 0 Å². The maximum atomic E-state index is 13.2. The average Bonchev–Trinajstić information content (AvgIpc) is 3.31. The molecule has 0 bridgehead atoms. The van der Waals surface area contributed by atoms with Crippen LogP contribution in [0.2, 0.25) is 0 Å². The molecule has 3 heterocycles. The number of methoxy groups -OCH3 is 1. The Kier molecular flexibility index (Phi) is 7.51. The van der Waals surface area contributed by atoms with Crippen LogP contribution in [0.15, 0.2) is 30.3 Å². The number of nitrogens with one attached hydrogen (secondary N) is 2. The van der Waals surface area contributed by atoms with Crippen LogP contribution in [0.25, 0.3) is 0 Å². The Labute approximate surface area is 205 Å². The lowest BCUT2D eigenvalue weighted by atomic mass is 9.93. The largest absolute Gasteiger partial charge is 0.468 e. The van der Waals surface area contributed by atoms with Crippen LogP contribution in [-0.4, -0.2) is 73.9 Å². The third kappa shape index (κ3) is 6.02. The first-order valence-corrected chi connectivity index (χ1v) is 12.0. The monoisotopic (exact) mass is 492 g/mol. The molecule has 1 aromatic rings. The summed E-state index contributed by atoms with van der Waals surface area (Å²) in [5.74, 6) is -2.54. The van der Waals surface area contributed by atoms with Crippen LogP contribution in [0.1, 0.15) is 52.6 Å². The van der Waals surface area contributed by atoms with Gasteiger partial charge in [0.2, 0.25) is 5.91 Å². The van der Waals surface area contributed by atoms with Crippen LogP contribution in [0.5, 0.6) is 0 Å². The topological polar surface area (TPSA) is 114 Å². The number of hydrogen-bond acceptors (Lipinski definition) is 9. The van der Waals surface area contributed by atoms with Crippen molar-refractivity contribution in [3.05, 3.63) is 35.9 Å². The highest BCUT2D eigenvalue weighted by Gasteiger charge is 2.60. The molecule has 0 radical (unpaired) electrons. The molecule has 3 saturated heterocycles. The molecule has 10 heteroatoms. The summed E-state index contributed by atoms with van der Waals surface area (Å²) >= 11 is 0. The molecule has 3 fully saturated rings. The highest BCUT2D eigenvalue weighted by Crippen LogP contribution is 2.45. The molecule has 4 rings (SSSR count). The van der Waals surface area contributed by atoms with Crippen LogP contribution in [0, 0.1) is 0 Å². The van der Waals surface area contributed by atoms with Gasteiger partial charge in [0.05, 0.1) is 19.3 Å². The summed E-state index contributed by atoms with van der Waals surface area (Å²) < 4.78 is 35.4. The van der Waals surface area contributed by atoms with Gasteiger partial charge in [0.25, 0.3) is 0 Å². The van der Waals surface area contributed by atoms with E-state index in [1.807, 2.05) is 65.0 Å². The van der Waals surface area contributed by atoms with Crippen molar-refractivity contribution in [3.8, 4) is 0 Å². The highest BCUT2D eigenvalue weighted by atomic mass is 16.9. The van der Waals surface area contributed by atoms with E-state index in [9.17, 15) is 9.59 Å². The smallest absolute Gasteiger partial charge is 0.325 e. The molecule has 1 amide bonds. The van der Waals surface area contributed by atoms with Gasteiger partial charge in [0.1, 0.15) is 24.9 Å². The fourth-order valence-corrected chi connectivity index (χ4v) is 4.86. The second-order valence-electron chi connectivity index (χ2n) is 10.1. The second kappa shape index (κ2) is 10.1. The van der Waals surface area contributed by atoms with E-state index in [1.165, 1.54) is 7.11 Å². The van der Waals surface area contributed by atoms with Gasteiger partial charge >= 0.3 is 5.97 Å². The second-order valence-corrected chi connectivity index (χ2v) is 10.1. The number of ether oxygens (including phenoxy) is 6. The number of fused-ring (bicyclic) bond motifs is 3. The van der Waals surface area contributed by atoms with Crippen molar-refractivity contribution in [2.24, 2.45) is 0 Å². The summed E-state index contributed by atoms with van der Waals surface area (Å²) in [6.45, 7) is 9.08. The van der Waals surface area contributed by atoms with Crippen molar-refractivity contribution >= 4 is 11.9 Å². The number of carbonyl (C=O) groups excluding carboxylic acids is 2. The Balaban J connectivity index is 1.54. The van der Waals surface area contributed by atoms with Gasteiger partial charge < -0.3 is 33.7 Å². The third-order valence-corrected chi connectivity index (χ3v) is 6.42. The minimum absolute atomic E-state index is 0.139. The predicted molar refractivity (Wildman–Crippen MR) is 124 cm³/mol. The van der Waals surface area contributed by atoms with E-state index in [1.54, 1.807) is 0 Å². The predicted octanol–water partition coefficient (Wildman–Crippen LogP) is 1.78. The number of rotatable bonds is 8. The lowest BCUT2D eigenvalue weighted by Crippen LogP contribution is -2.58. The summed E-state index contributed by atoms with van der Waals surface area (Å²) in [7, 11) is 1.28. The van der Waals surface area contributed by atoms with Crippen molar-refractivity contribution in [1.29, 1.82) is 0 Å². The minimum atomic E-state index is -0.838. The molecule has 0 saturated carbocycles. The Morgan fingerprint density at radius 1 is 0.971 bits per heavy atom. The van der Waals surface area contributed by atoms with Crippen molar-refractivity contribution in [2.75, 3.05) is 13.7 Å². The summed E-state index contributed by atoms with van der Waals surface area (Å²) in [4.78, 5) is 24.8. The summed E-state index contributed by atoms with van der Waals surface area (Å²) in [6.07, 6.45) is -2.24. The summed E-state index contributed by atoms with van der Waals surface area (Å²) in [6, 6.07) is 8.97. The molecule has 10 nitrogen and oxygen atoms in total. The fraction of sp³-hybridized carbons (Fsp3) is 0.680. The van der Waals surface area contributed by atoms with E-state index in [0.29, 0.717) is 0 Å². The first kappa shape index (κ1) is 26.0. The maximum Gasteiger partial charge on any atom is 0.325 e. The highest BCUT2D eigenvalue weighted by molar-refractivity contribution is 5.85. The first-order chi connectivity index (χ1) is 16.5. The van der Waals surface area contributed by atoms with Crippen LogP contribution in [-0.2, 0) is 38.0 Å². The van der Waals surface area contributed by atoms with Crippen LogP contribution < -0.4 is 10.6 Å². The molecule has 0 spiro atoms. The number of esters is 1. The minimum Gasteiger partial charge on any atom is -0.468 e. The molecule has 1 aromatic carbocycles. The Hall–Kier alpha value is -2.08. The lowest BCUT2D eigenvalue weighted by Gasteiger charge is -2.39. The molecular weight excluding hydrogens is 456 g/mol. The van der Waals surface area contributed by atoms with E-state index in [2.05, 4.69) is 15.4 Å². The van der Waals surface area contributed by atoms with Gasteiger partial charge in [-0.05, 0) is 40.2 Å². The normalized spacial score (nSPS) is 32.2. The lowest BCUT2D eigenvalue weighted by molar-refractivity contribution is -0.236. The van der Waals surface area contributed by atoms with Gasteiger partial charge in [-0.15, -0.1) is 0 Å². The molecule has 194 valence electrons. The Morgan fingerprint density at radius 2 is 1.60 bits per heavy atom. The summed E-state index contributed by atoms with van der Waals surface area (Å²) in [5.41, 5.74) is 1.02. The zero-order chi connectivity index (χ0) is 25.4. The standard InChI is InChI=1S/C25H36N2O8/c1-14(15-10-8-7-9-11-15)27-16(22(29)26-13-18(28)30-6)12-17-19-20(33-24(2,3)32-19)21-23(31-17)35-25(4,5)34-21/h7-11,14,16-17,19-21,23,27H,12-13H2,1-6H3,(H,26,29)/t14-,16-,17+,19-,20-,21+,23+/m0/s1. The third-order valence-electron chi connectivity index (χ3n) is 6.42. The van der Waals surface area contributed by atoms with Gasteiger partial charge in [-0.3, -0.25) is 14.9 Å². The van der Waals surface area contributed by atoms with Gasteiger partial charge in [-0.1, -0.05) is 30.3 Å². The molecule has 35 heavy (non-hydrogen) atoms. The van der Waals surface area contributed by atoms with E-state index < -0.39 is 54.3 Å². The molecule has 0 aliphatic carbocycles. The van der Waals surface area contributed by atoms with E-state index in [0.717, 1.165) is 5.56 Å². The number of hydrogen-bond donors (Lipinski definition) is 2. The molecular formula is C25H36N2O8. The van der Waals surface area contributed by atoms with E-state index in [-0.39, 0.29) is 24.9 Å². The van der Waals surface area contributed by atoms with Crippen molar-refractivity contribution < 1.29 is 38.0 Å². The van der Waals surface area contributed by atoms with Crippen molar-refractivity contribution in [1.82, 2.24) is 10.6 Å². The van der Waals surface area contributed by atoms with Crippen LogP contribution >= 0.6 is 0 Å². The molecule has 7 atom stereocenters.